The average Bonchev–Trinajstić information content (AvgIpc) is 2.82. The zero-order valence-corrected chi connectivity index (χ0v) is 18.4. The number of hydrogen-bond donors (Lipinski definition) is 4. The summed E-state index contributed by atoms with van der Waals surface area (Å²) in [4.78, 5) is 29.5. The van der Waals surface area contributed by atoms with Crippen molar-refractivity contribution in [3.63, 3.8) is 0 Å². The third kappa shape index (κ3) is 5.88. The minimum absolute atomic E-state index is 0.189. The summed E-state index contributed by atoms with van der Waals surface area (Å²) in [6, 6.07) is 21.6. The number of nitrogens with two attached hydrogens (primary N) is 3. The molecule has 7 N–H and O–H groups in total. The van der Waals surface area contributed by atoms with Gasteiger partial charge in [0.05, 0.1) is 18.5 Å². The van der Waals surface area contributed by atoms with Gasteiger partial charge in [0.2, 0.25) is 5.91 Å². The third-order valence-electron chi connectivity index (χ3n) is 5.21. The summed E-state index contributed by atoms with van der Waals surface area (Å²) in [6.45, 7) is 1.98. The summed E-state index contributed by atoms with van der Waals surface area (Å²) < 4.78 is 0. The maximum Gasteiger partial charge on any atom is 0.325 e. The van der Waals surface area contributed by atoms with Gasteiger partial charge >= 0.3 is 6.03 Å². The number of pyridine rings is 1. The van der Waals surface area contributed by atoms with Crippen LogP contribution in [0.2, 0.25) is 0 Å². The van der Waals surface area contributed by atoms with E-state index >= 15 is 0 Å². The molecule has 0 spiro atoms. The van der Waals surface area contributed by atoms with Gasteiger partial charge in [-0.3, -0.25) is 9.69 Å². The van der Waals surface area contributed by atoms with E-state index in [-0.39, 0.29) is 18.4 Å². The van der Waals surface area contributed by atoms with Crippen LogP contribution in [0.5, 0.6) is 0 Å². The van der Waals surface area contributed by atoms with Gasteiger partial charge in [-0.05, 0) is 35.7 Å². The molecule has 2 heterocycles. The predicted molar refractivity (Wildman–Crippen MR) is 128 cm³/mol. The Labute approximate surface area is 193 Å². The van der Waals surface area contributed by atoms with Crippen LogP contribution in [0.1, 0.15) is 29.2 Å². The van der Waals surface area contributed by atoms with Crippen LogP contribution in [0.15, 0.2) is 90.9 Å². The summed E-state index contributed by atoms with van der Waals surface area (Å²) in [7, 11) is 0. The summed E-state index contributed by atoms with van der Waals surface area (Å²) in [5, 5.41) is 2.93. The van der Waals surface area contributed by atoms with Gasteiger partial charge in [-0.1, -0.05) is 60.7 Å². The fraction of sp³-hybridized carbons (Fsp3) is 0.160. The van der Waals surface area contributed by atoms with E-state index < -0.39 is 12.1 Å². The normalized spacial score (nSPS) is 15.3. The molecule has 1 saturated heterocycles. The van der Waals surface area contributed by atoms with Crippen LogP contribution in [0, 0.1) is 6.92 Å². The zero-order chi connectivity index (χ0) is 23.8. The first kappa shape index (κ1) is 23.3. The van der Waals surface area contributed by atoms with Gasteiger partial charge in [0.15, 0.2) is 0 Å². The van der Waals surface area contributed by atoms with Gasteiger partial charge in [0.25, 0.3) is 0 Å². The topological polar surface area (TPSA) is 140 Å². The number of hydrogen-bond acceptors (Lipinski definition) is 6. The molecule has 170 valence electrons. The Morgan fingerprint density at radius 1 is 1.09 bits per heavy atom. The van der Waals surface area contributed by atoms with Crippen molar-refractivity contribution in [2.45, 2.75) is 25.4 Å². The van der Waals surface area contributed by atoms with Crippen LogP contribution in [0.4, 0.5) is 10.6 Å². The van der Waals surface area contributed by atoms with Crippen molar-refractivity contribution in [2.24, 2.45) is 11.5 Å². The number of nitrogen functional groups attached to an aromatic ring is 1. The maximum absolute atomic E-state index is 12.7. The number of imide groups is 1. The van der Waals surface area contributed by atoms with Crippen LogP contribution in [0.25, 0.3) is 0 Å². The van der Waals surface area contributed by atoms with E-state index in [1.807, 2.05) is 79.7 Å². The monoisotopic (exact) mass is 444 g/mol. The van der Waals surface area contributed by atoms with Crippen molar-refractivity contribution >= 4 is 17.8 Å². The number of nitrogens with zero attached hydrogens (tertiary/aromatic N) is 2. The second-order valence-corrected chi connectivity index (χ2v) is 7.61. The number of anilines is 1. The van der Waals surface area contributed by atoms with Gasteiger partial charge < -0.3 is 22.5 Å². The second-order valence-electron chi connectivity index (χ2n) is 7.61. The van der Waals surface area contributed by atoms with Crippen molar-refractivity contribution in [3.8, 4) is 0 Å². The van der Waals surface area contributed by atoms with E-state index in [2.05, 4.69) is 10.3 Å². The molecule has 33 heavy (non-hydrogen) atoms. The number of amides is 3. The number of aryl methyl sites for hydroxylation is 1. The molecule has 0 bridgehead atoms. The molecule has 2 aromatic carbocycles. The standard InChI is InChI=1S/C19H20N4O2.C6H8N2/c20-12-15(21)16-11-17(24)23(16)19(25)22-18(13-7-3-1-4-8-13)14-9-5-2-6-10-14;1-5-2-3-8-6(7)4-5/h1-10,12,16,18H,11,20-21H2,(H,22,25);2-4H,1H3,(H2,7,8)/b15-12-;. The molecule has 1 fully saturated rings. The van der Waals surface area contributed by atoms with Gasteiger partial charge in [0, 0.05) is 18.1 Å². The average molecular weight is 445 g/mol. The van der Waals surface area contributed by atoms with Crippen LogP contribution >= 0.6 is 0 Å². The van der Waals surface area contributed by atoms with Gasteiger partial charge in [-0.2, -0.15) is 0 Å². The fourth-order valence-electron chi connectivity index (χ4n) is 3.45. The molecule has 8 nitrogen and oxygen atoms in total. The van der Waals surface area contributed by atoms with E-state index in [0.29, 0.717) is 11.5 Å². The Hall–Kier alpha value is -4.33. The van der Waals surface area contributed by atoms with Crippen molar-refractivity contribution in [3.05, 3.63) is 108 Å². The van der Waals surface area contributed by atoms with E-state index in [4.69, 9.17) is 17.2 Å². The SMILES string of the molecule is Cc1ccnc(N)c1.N/C=C(\N)C1CC(=O)N1C(=O)NC(c1ccccc1)c1ccccc1. The van der Waals surface area contributed by atoms with Crippen LogP contribution in [0.3, 0.4) is 0 Å². The van der Waals surface area contributed by atoms with Crippen molar-refractivity contribution < 1.29 is 9.59 Å². The Balaban J connectivity index is 0.000000323. The molecule has 0 aliphatic carbocycles. The van der Waals surface area contributed by atoms with E-state index in [0.717, 1.165) is 21.6 Å². The molecule has 3 aromatic rings. The smallest absolute Gasteiger partial charge is 0.325 e. The first-order valence-electron chi connectivity index (χ1n) is 10.5. The Morgan fingerprint density at radius 3 is 2.09 bits per heavy atom. The number of nitrogens with one attached hydrogen (secondary N) is 1. The summed E-state index contributed by atoms with van der Waals surface area (Å²) in [5.41, 5.74) is 19.9. The molecule has 1 atom stereocenters. The highest BCUT2D eigenvalue weighted by molar-refractivity contribution is 6.00. The van der Waals surface area contributed by atoms with Gasteiger partial charge in [0.1, 0.15) is 5.82 Å². The quantitative estimate of drug-likeness (QED) is 0.456. The molecular weight excluding hydrogens is 416 g/mol. The van der Waals surface area contributed by atoms with Gasteiger partial charge in [-0.25, -0.2) is 9.78 Å². The highest BCUT2D eigenvalue weighted by Crippen LogP contribution is 2.26. The Morgan fingerprint density at radius 2 is 1.67 bits per heavy atom. The van der Waals surface area contributed by atoms with E-state index in [9.17, 15) is 9.59 Å². The van der Waals surface area contributed by atoms with Crippen LogP contribution in [-0.2, 0) is 4.79 Å². The number of benzene rings is 2. The van der Waals surface area contributed by atoms with Crippen molar-refractivity contribution in [2.75, 3.05) is 5.73 Å². The fourth-order valence-corrected chi connectivity index (χ4v) is 3.45. The Bertz CT molecular complexity index is 1060. The van der Waals surface area contributed by atoms with E-state index in [1.54, 1.807) is 6.20 Å². The molecule has 1 aliphatic rings. The largest absolute Gasteiger partial charge is 0.403 e. The predicted octanol–water partition coefficient (Wildman–Crippen LogP) is 2.82. The first-order chi connectivity index (χ1) is 15.9. The summed E-state index contributed by atoms with van der Waals surface area (Å²) in [6.07, 6.45) is 3.11. The summed E-state index contributed by atoms with van der Waals surface area (Å²) >= 11 is 0. The zero-order valence-electron chi connectivity index (χ0n) is 18.4. The maximum atomic E-state index is 12.7. The van der Waals surface area contributed by atoms with Crippen LogP contribution in [-0.4, -0.2) is 27.9 Å². The lowest BCUT2D eigenvalue weighted by atomic mass is 9.97. The molecule has 8 heteroatoms. The molecule has 3 amide bonds. The number of urea groups is 1. The number of carbonyl (C=O) groups is 2. The minimum atomic E-state index is -0.483. The molecular formula is C25H28N6O2. The molecule has 0 saturated carbocycles. The lowest BCUT2D eigenvalue weighted by Gasteiger charge is -2.39. The second kappa shape index (κ2) is 10.8. The highest BCUT2D eigenvalue weighted by atomic mass is 16.2. The lowest BCUT2D eigenvalue weighted by Crippen LogP contribution is -2.60. The number of carbonyl (C=O) groups excluding carboxylic acids is 2. The molecule has 1 aromatic heterocycles. The molecule has 4 rings (SSSR count). The number of rotatable bonds is 4. The third-order valence-corrected chi connectivity index (χ3v) is 5.21. The Kier molecular flexibility index (Phi) is 7.64. The summed E-state index contributed by atoms with van der Waals surface area (Å²) in [5.74, 6) is 0.317. The van der Waals surface area contributed by atoms with Gasteiger partial charge in [-0.15, -0.1) is 0 Å². The van der Waals surface area contributed by atoms with E-state index in [1.165, 1.54) is 6.20 Å². The molecule has 1 unspecified atom stereocenters. The van der Waals surface area contributed by atoms with Crippen molar-refractivity contribution in [1.82, 2.24) is 15.2 Å². The molecule has 1 aliphatic heterocycles. The number of β-lactam (4-membered cyclic amide) rings is 1. The highest BCUT2D eigenvalue weighted by Gasteiger charge is 2.42. The molecule has 0 radical (unpaired) electrons. The minimum Gasteiger partial charge on any atom is -0.403 e. The lowest BCUT2D eigenvalue weighted by molar-refractivity contribution is -0.139. The number of aromatic nitrogens is 1. The first-order valence-corrected chi connectivity index (χ1v) is 10.5. The van der Waals surface area contributed by atoms with Crippen molar-refractivity contribution in [1.29, 1.82) is 0 Å². The number of likely N-dealkylation sites (tertiary alicyclic amines) is 1. The van der Waals surface area contributed by atoms with Crippen LogP contribution < -0.4 is 22.5 Å².